The molecule has 2 aromatic carbocycles. The normalized spacial score (nSPS) is 11.8. The zero-order valence-electron chi connectivity index (χ0n) is 19.6. The minimum Gasteiger partial charge on any atom is -0.492 e. The minimum absolute atomic E-state index is 0.165. The molecule has 6 heteroatoms. The first kappa shape index (κ1) is 25.4. The number of nitrogens with one attached hydrogen (secondary N) is 2. The van der Waals surface area contributed by atoms with Crippen LogP contribution in [0.2, 0.25) is 0 Å². The molecule has 0 aromatic heterocycles. The number of nitrogens with zero attached hydrogens (tertiary/aromatic N) is 1. The van der Waals surface area contributed by atoms with E-state index in [0.717, 1.165) is 43.8 Å². The van der Waals surface area contributed by atoms with Gasteiger partial charge in [0.25, 0.3) is 5.91 Å². The van der Waals surface area contributed by atoms with Crippen molar-refractivity contribution in [3.63, 3.8) is 0 Å². The van der Waals surface area contributed by atoms with Crippen LogP contribution in [0.4, 0.5) is 0 Å². The molecule has 0 unspecified atom stereocenters. The topological polar surface area (TPSA) is 70.7 Å². The lowest BCUT2D eigenvalue weighted by atomic mass is 10.0. The SMILES string of the molecule is CCCCNC(=O)[C@H](Cc1ccc(OCCN(CC)CC)cc1)NC(=O)c1ccccc1. The summed E-state index contributed by atoms with van der Waals surface area (Å²) in [5.41, 5.74) is 1.50. The van der Waals surface area contributed by atoms with Crippen LogP contribution < -0.4 is 15.4 Å². The number of rotatable bonds is 14. The van der Waals surface area contributed by atoms with Gasteiger partial charge in [0.1, 0.15) is 18.4 Å². The number of ether oxygens (including phenoxy) is 1. The number of unbranched alkanes of at least 4 members (excludes halogenated alkanes) is 1. The van der Waals surface area contributed by atoms with Crippen LogP contribution in [-0.4, -0.2) is 55.5 Å². The number of hydrogen-bond donors (Lipinski definition) is 2. The minimum atomic E-state index is -0.644. The van der Waals surface area contributed by atoms with Crippen molar-refractivity contribution in [1.29, 1.82) is 0 Å². The maximum atomic E-state index is 12.8. The smallest absolute Gasteiger partial charge is 0.251 e. The van der Waals surface area contributed by atoms with E-state index < -0.39 is 6.04 Å². The van der Waals surface area contributed by atoms with Crippen molar-refractivity contribution in [2.75, 3.05) is 32.8 Å². The highest BCUT2D eigenvalue weighted by atomic mass is 16.5. The van der Waals surface area contributed by atoms with Crippen molar-refractivity contribution in [3.8, 4) is 5.75 Å². The number of likely N-dealkylation sites (N-methyl/N-ethyl adjacent to an activating group) is 1. The first-order valence-corrected chi connectivity index (χ1v) is 11.6. The molecule has 1 atom stereocenters. The van der Waals surface area contributed by atoms with E-state index in [4.69, 9.17) is 4.74 Å². The lowest BCUT2D eigenvalue weighted by Crippen LogP contribution is -2.48. The van der Waals surface area contributed by atoms with Crippen molar-refractivity contribution in [2.24, 2.45) is 0 Å². The Kier molecular flexibility index (Phi) is 11.3. The number of carbonyl (C=O) groups excluding carboxylic acids is 2. The molecule has 0 aliphatic carbocycles. The Labute approximate surface area is 192 Å². The average molecular weight is 440 g/mol. The molecule has 0 heterocycles. The van der Waals surface area contributed by atoms with E-state index in [1.165, 1.54) is 0 Å². The highest BCUT2D eigenvalue weighted by Gasteiger charge is 2.21. The van der Waals surface area contributed by atoms with Gasteiger partial charge in [-0.15, -0.1) is 0 Å². The summed E-state index contributed by atoms with van der Waals surface area (Å²) < 4.78 is 5.84. The first-order valence-electron chi connectivity index (χ1n) is 11.6. The van der Waals surface area contributed by atoms with Crippen LogP contribution >= 0.6 is 0 Å². The van der Waals surface area contributed by atoms with Crippen LogP contribution in [0.1, 0.15) is 49.5 Å². The predicted octanol–water partition coefficient (Wildman–Crippen LogP) is 3.66. The molecule has 0 bridgehead atoms. The summed E-state index contributed by atoms with van der Waals surface area (Å²) in [6, 6.07) is 16.1. The monoisotopic (exact) mass is 439 g/mol. The van der Waals surface area contributed by atoms with E-state index in [2.05, 4.69) is 36.3 Å². The van der Waals surface area contributed by atoms with Crippen LogP contribution in [0.25, 0.3) is 0 Å². The fourth-order valence-electron chi connectivity index (χ4n) is 3.34. The van der Waals surface area contributed by atoms with Gasteiger partial charge in [-0.1, -0.05) is 57.5 Å². The van der Waals surface area contributed by atoms with Crippen LogP contribution in [0.5, 0.6) is 5.75 Å². The van der Waals surface area contributed by atoms with E-state index >= 15 is 0 Å². The fourth-order valence-corrected chi connectivity index (χ4v) is 3.34. The number of carbonyl (C=O) groups is 2. The Morgan fingerprint density at radius 3 is 2.28 bits per heavy atom. The van der Waals surface area contributed by atoms with Gasteiger partial charge >= 0.3 is 0 Å². The summed E-state index contributed by atoms with van der Waals surface area (Å²) in [4.78, 5) is 27.7. The second kappa shape index (κ2) is 14.2. The maximum Gasteiger partial charge on any atom is 0.251 e. The molecule has 0 aliphatic rings. The molecule has 0 saturated heterocycles. The molecule has 32 heavy (non-hydrogen) atoms. The average Bonchev–Trinajstić information content (AvgIpc) is 2.83. The third-order valence-electron chi connectivity index (χ3n) is 5.42. The molecule has 2 aromatic rings. The van der Waals surface area contributed by atoms with Gasteiger partial charge < -0.3 is 20.3 Å². The zero-order chi connectivity index (χ0) is 23.2. The molecule has 0 fully saturated rings. The predicted molar refractivity (Wildman–Crippen MR) is 129 cm³/mol. The zero-order valence-corrected chi connectivity index (χ0v) is 19.6. The van der Waals surface area contributed by atoms with Gasteiger partial charge in [0.15, 0.2) is 0 Å². The van der Waals surface area contributed by atoms with E-state index in [-0.39, 0.29) is 11.8 Å². The van der Waals surface area contributed by atoms with Crippen LogP contribution in [0.3, 0.4) is 0 Å². The molecule has 0 aliphatic heterocycles. The largest absolute Gasteiger partial charge is 0.492 e. The Balaban J connectivity index is 1.99. The lowest BCUT2D eigenvalue weighted by Gasteiger charge is -2.19. The molecular formula is C26H37N3O3. The second-order valence-electron chi connectivity index (χ2n) is 7.76. The second-order valence-corrected chi connectivity index (χ2v) is 7.76. The Hall–Kier alpha value is -2.86. The molecular weight excluding hydrogens is 402 g/mol. The summed E-state index contributed by atoms with van der Waals surface area (Å²) in [6.45, 7) is 10.5. The van der Waals surface area contributed by atoms with Gasteiger partial charge in [-0.3, -0.25) is 9.59 Å². The van der Waals surface area contributed by atoms with Crippen molar-refractivity contribution in [1.82, 2.24) is 15.5 Å². The fraction of sp³-hybridized carbons (Fsp3) is 0.462. The van der Waals surface area contributed by atoms with Crippen LogP contribution in [-0.2, 0) is 11.2 Å². The standard InChI is InChI=1S/C26H37N3O3/c1-4-7-17-27-26(31)24(28-25(30)22-11-9-8-10-12-22)20-21-13-15-23(16-14-21)32-19-18-29(5-2)6-3/h8-16,24H,4-7,17-20H2,1-3H3,(H,27,31)(H,28,30)/t24-/m0/s1. The van der Waals surface area contributed by atoms with Gasteiger partial charge in [-0.05, 0) is 49.3 Å². The first-order chi connectivity index (χ1) is 15.6. The molecule has 2 rings (SSSR count). The van der Waals surface area contributed by atoms with Crippen LogP contribution in [0, 0.1) is 0 Å². The van der Waals surface area contributed by atoms with Gasteiger partial charge in [-0.2, -0.15) is 0 Å². The Morgan fingerprint density at radius 2 is 1.66 bits per heavy atom. The molecule has 174 valence electrons. The summed E-state index contributed by atoms with van der Waals surface area (Å²) in [7, 11) is 0. The van der Waals surface area contributed by atoms with Crippen molar-refractivity contribution in [2.45, 2.75) is 46.1 Å². The van der Waals surface area contributed by atoms with E-state index in [1.807, 2.05) is 42.5 Å². The van der Waals surface area contributed by atoms with E-state index in [9.17, 15) is 9.59 Å². The molecule has 0 saturated carbocycles. The summed E-state index contributed by atoms with van der Waals surface area (Å²) >= 11 is 0. The highest BCUT2D eigenvalue weighted by molar-refractivity contribution is 5.97. The van der Waals surface area contributed by atoms with Gasteiger partial charge in [0.2, 0.25) is 5.91 Å². The summed E-state index contributed by atoms with van der Waals surface area (Å²) in [6.07, 6.45) is 2.32. The molecule has 2 N–H and O–H groups in total. The highest BCUT2D eigenvalue weighted by Crippen LogP contribution is 2.14. The van der Waals surface area contributed by atoms with E-state index in [0.29, 0.717) is 25.1 Å². The van der Waals surface area contributed by atoms with Crippen LogP contribution in [0.15, 0.2) is 54.6 Å². The van der Waals surface area contributed by atoms with Gasteiger partial charge in [0.05, 0.1) is 0 Å². The molecule has 2 amide bonds. The Morgan fingerprint density at radius 1 is 0.969 bits per heavy atom. The number of hydrogen-bond acceptors (Lipinski definition) is 4. The lowest BCUT2D eigenvalue weighted by molar-refractivity contribution is -0.122. The third-order valence-corrected chi connectivity index (χ3v) is 5.42. The molecule has 0 spiro atoms. The third kappa shape index (κ3) is 8.71. The van der Waals surface area contributed by atoms with Gasteiger partial charge in [-0.25, -0.2) is 0 Å². The quantitative estimate of drug-likeness (QED) is 0.441. The number of benzene rings is 2. The van der Waals surface area contributed by atoms with Crippen molar-refractivity contribution in [3.05, 3.63) is 65.7 Å². The van der Waals surface area contributed by atoms with Crippen molar-refractivity contribution < 1.29 is 14.3 Å². The molecule has 0 radical (unpaired) electrons. The summed E-state index contributed by atoms with van der Waals surface area (Å²) in [5.74, 6) is 0.387. The van der Waals surface area contributed by atoms with E-state index in [1.54, 1.807) is 12.1 Å². The Bertz CT molecular complexity index is 805. The van der Waals surface area contributed by atoms with Gasteiger partial charge in [0, 0.05) is 25.1 Å². The number of amides is 2. The summed E-state index contributed by atoms with van der Waals surface area (Å²) in [5, 5.41) is 5.83. The maximum absolute atomic E-state index is 12.8. The molecule has 6 nitrogen and oxygen atoms in total. The van der Waals surface area contributed by atoms with Crippen molar-refractivity contribution >= 4 is 11.8 Å².